The third-order valence-electron chi connectivity index (χ3n) is 4.18. The first-order chi connectivity index (χ1) is 13.5. The Balaban J connectivity index is 1.62. The highest BCUT2D eigenvalue weighted by atomic mass is 35.5. The first-order valence-corrected chi connectivity index (χ1v) is 9.61. The fraction of sp³-hybridized carbons (Fsp3) is 0. The van der Waals surface area contributed by atoms with Crippen molar-refractivity contribution in [3.8, 4) is 22.9 Å². The number of aromatic nitrogens is 2. The van der Waals surface area contributed by atoms with Crippen molar-refractivity contribution in [3.63, 3.8) is 0 Å². The van der Waals surface area contributed by atoms with Crippen LogP contribution in [0.2, 0.25) is 20.1 Å². The Morgan fingerprint density at radius 1 is 0.607 bits per heavy atom. The van der Waals surface area contributed by atoms with E-state index in [4.69, 9.17) is 55.2 Å². The van der Waals surface area contributed by atoms with Crippen molar-refractivity contribution in [2.45, 2.75) is 0 Å². The van der Waals surface area contributed by atoms with Gasteiger partial charge in [-0.1, -0.05) is 52.5 Å². The first kappa shape index (κ1) is 17.8. The summed E-state index contributed by atoms with van der Waals surface area (Å²) in [7, 11) is 0. The Kier molecular flexibility index (Phi) is 4.25. The molecule has 0 bridgehead atoms. The molecule has 0 saturated carbocycles. The van der Waals surface area contributed by atoms with Crippen LogP contribution in [0.3, 0.4) is 0 Å². The molecule has 0 amide bonds. The average molecular weight is 450 g/mol. The number of oxazole rings is 2. The van der Waals surface area contributed by atoms with Crippen molar-refractivity contribution in [2.24, 2.45) is 0 Å². The number of rotatable bonds is 2. The molecule has 28 heavy (non-hydrogen) atoms. The zero-order valence-electron chi connectivity index (χ0n) is 13.8. The van der Waals surface area contributed by atoms with E-state index in [1.165, 1.54) is 0 Å². The number of halogens is 4. The van der Waals surface area contributed by atoms with Crippen molar-refractivity contribution in [3.05, 3.63) is 68.6 Å². The molecule has 3 aromatic carbocycles. The van der Waals surface area contributed by atoms with Gasteiger partial charge in [0.2, 0.25) is 11.8 Å². The van der Waals surface area contributed by atoms with Gasteiger partial charge in [-0.05, 0) is 42.5 Å². The normalized spacial score (nSPS) is 11.6. The first-order valence-electron chi connectivity index (χ1n) is 8.10. The number of benzene rings is 3. The summed E-state index contributed by atoms with van der Waals surface area (Å²) >= 11 is 24.5. The lowest BCUT2D eigenvalue weighted by Gasteiger charge is -1.99. The summed E-state index contributed by atoms with van der Waals surface area (Å²) in [5, 5.41) is 1.80. The zero-order chi connectivity index (χ0) is 19.4. The van der Waals surface area contributed by atoms with E-state index in [1.54, 1.807) is 24.3 Å². The predicted molar refractivity (Wildman–Crippen MR) is 112 cm³/mol. The molecule has 0 fully saturated rings. The number of hydrogen-bond acceptors (Lipinski definition) is 4. The Labute approximate surface area is 178 Å². The SMILES string of the molecule is Clc1cc(Cl)c2oc(-c3cccc(-c4nc5cc(Cl)cc(Cl)c5o4)c3)nc2c1. The van der Waals surface area contributed by atoms with Crippen LogP contribution in [-0.2, 0) is 0 Å². The Bertz CT molecular complexity index is 1270. The highest BCUT2D eigenvalue weighted by molar-refractivity contribution is 6.38. The van der Waals surface area contributed by atoms with Gasteiger partial charge in [0.25, 0.3) is 0 Å². The monoisotopic (exact) mass is 448 g/mol. The maximum absolute atomic E-state index is 6.20. The maximum Gasteiger partial charge on any atom is 0.227 e. The zero-order valence-corrected chi connectivity index (χ0v) is 16.9. The molecule has 0 N–H and O–H groups in total. The van der Waals surface area contributed by atoms with Gasteiger partial charge in [0, 0.05) is 21.2 Å². The minimum absolute atomic E-state index is 0.405. The molecule has 138 valence electrons. The molecule has 2 heterocycles. The van der Waals surface area contributed by atoms with E-state index in [2.05, 4.69) is 9.97 Å². The number of fused-ring (bicyclic) bond motifs is 2. The van der Waals surface area contributed by atoms with Gasteiger partial charge in [-0.15, -0.1) is 0 Å². The van der Waals surface area contributed by atoms with Gasteiger partial charge in [0.05, 0.1) is 10.0 Å². The predicted octanol–water partition coefficient (Wildman–Crippen LogP) is 7.92. The minimum atomic E-state index is 0.405. The van der Waals surface area contributed by atoms with Crippen LogP contribution in [0.4, 0.5) is 0 Å². The largest absolute Gasteiger partial charge is 0.435 e. The molecule has 0 saturated heterocycles. The lowest BCUT2D eigenvalue weighted by molar-refractivity contribution is 0.617. The van der Waals surface area contributed by atoms with Gasteiger partial charge in [-0.25, -0.2) is 9.97 Å². The van der Waals surface area contributed by atoms with Crippen molar-refractivity contribution in [1.29, 1.82) is 0 Å². The number of nitrogens with zero attached hydrogens (tertiary/aromatic N) is 2. The van der Waals surface area contributed by atoms with E-state index in [0.29, 0.717) is 54.1 Å². The lowest BCUT2D eigenvalue weighted by Crippen LogP contribution is -1.81. The molecule has 0 aliphatic heterocycles. The summed E-state index contributed by atoms with van der Waals surface area (Å²) in [6, 6.07) is 14.1. The average Bonchev–Trinajstić information content (AvgIpc) is 3.26. The molecule has 5 rings (SSSR count). The smallest absolute Gasteiger partial charge is 0.227 e. The van der Waals surface area contributed by atoms with Crippen LogP contribution >= 0.6 is 46.4 Å². The van der Waals surface area contributed by atoms with E-state index in [1.807, 2.05) is 24.3 Å². The molecular weight excluding hydrogens is 442 g/mol. The van der Waals surface area contributed by atoms with E-state index in [-0.39, 0.29) is 0 Å². The summed E-state index contributed by atoms with van der Waals surface area (Å²) in [6.07, 6.45) is 0. The fourth-order valence-corrected chi connectivity index (χ4v) is 3.99. The standard InChI is InChI=1S/C20H8Cl4N2O2/c21-11-5-13(23)17-15(7-11)25-19(27-17)9-2-1-3-10(4-9)20-26-16-8-12(22)6-14(24)18(16)28-20/h1-8H. The highest BCUT2D eigenvalue weighted by Gasteiger charge is 2.16. The van der Waals surface area contributed by atoms with Crippen molar-refractivity contribution in [1.82, 2.24) is 9.97 Å². The van der Waals surface area contributed by atoms with Gasteiger partial charge < -0.3 is 8.83 Å². The van der Waals surface area contributed by atoms with Crippen LogP contribution in [0.5, 0.6) is 0 Å². The second-order valence-electron chi connectivity index (χ2n) is 6.09. The van der Waals surface area contributed by atoms with Crippen LogP contribution in [0, 0.1) is 0 Å². The van der Waals surface area contributed by atoms with Crippen LogP contribution in [0.25, 0.3) is 45.1 Å². The summed E-state index contributed by atoms with van der Waals surface area (Å²) in [5.74, 6) is 0.830. The Hall–Kier alpha value is -2.24. The molecular formula is C20H8Cl4N2O2. The third-order valence-corrected chi connectivity index (χ3v) is 5.17. The van der Waals surface area contributed by atoms with Crippen LogP contribution < -0.4 is 0 Å². The lowest BCUT2D eigenvalue weighted by atomic mass is 10.1. The molecule has 2 aromatic heterocycles. The van der Waals surface area contributed by atoms with Crippen molar-refractivity contribution in [2.75, 3.05) is 0 Å². The van der Waals surface area contributed by atoms with Gasteiger partial charge in [-0.2, -0.15) is 0 Å². The topological polar surface area (TPSA) is 52.1 Å². The molecule has 0 atom stereocenters. The van der Waals surface area contributed by atoms with Crippen LogP contribution in [0.15, 0.2) is 57.4 Å². The minimum Gasteiger partial charge on any atom is -0.435 e. The molecule has 0 spiro atoms. The quantitative estimate of drug-likeness (QED) is 0.274. The molecule has 4 nitrogen and oxygen atoms in total. The fourth-order valence-electron chi connectivity index (χ4n) is 2.95. The van der Waals surface area contributed by atoms with Gasteiger partial charge in [-0.3, -0.25) is 0 Å². The third kappa shape index (κ3) is 3.03. The Morgan fingerprint density at radius 3 is 1.54 bits per heavy atom. The molecule has 0 radical (unpaired) electrons. The Morgan fingerprint density at radius 2 is 1.07 bits per heavy atom. The van der Waals surface area contributed by atoms with E-state index in [9.17, 15) is 0 Å². The van der Waals surface area contributed by atoms with Gasteiger partial charge >= 0.3 is 0 Å². The second kappa shape index (κ2) is 6.68. The van der Waals surface area contributed by atoms with Gasteiger partial charge in [0.15, 0.2) is 11.2 Å². The van der Waals surface area contributed by atoms with E-state index in [0.717, 1.165) is 11.1 Å². The second-order valence-corrected chi connectivity index (χ2v) is 7.78. The summed E-state index contributed by atoms with van der Waals surface area (Å²) in [6.45, 7) is 0. The van der Waals surface area contributed by atoms with Gasteiger partial charge in [0.1, 0.15) is 11.0 Å². The molecule has 0 aliphatic rings. The molecule has 5 aromatic rings. The van der Waals surface area contributed by atoms with Crippen LogP contribution in [0.1, 0.15) is 0 Å². The molecule has 0 unspecified atom stereocenters. The van der Waals surface area contributed by atoms with E-state index >= 15 is 0 Å². The summed E-state index contributed by atoms with van der Waals surface area (Å²) in [4.78, 5) is 8.97. The van der Waals surface area contributed by atoms with E-state index < -0.39 is 0 Å². The summed E-state index contributed by atoms with van der Waals surface area (Å²) in [5.41, 5.74) is 3.62. The molecule has 0 aliphatic carbocycles. The molecule has 8 heteroatoms. The van der Waals surface area contributed by atoms with Crippen molar-refractivity contribution >= 4 is 68.6 Å². The maximum atomic E-state index is 6.20. The van der Waals surface area contributed by atoms with Crippen molar-refractivity contribution < 1.29 is 8.83 Å². The highest BCUT2D eigenvalue weighted by Crippen LogP contribution is 2.35. The number of hydrogen-bond donors (Lipinski definition) is 0. The van der Waals surface area contributed by atoms with Crippen LogP contribution in [-0.4, -0.2) is 9.97 Å². The summed E-state index contributed by atoms with van der Waals surface area (Å²) < 4.78 is 11.7.